The number of likely N-dealkylation sites (tertiary alicyclic amines) is 1. The van der Waals surface area contributed by atoms with Gasteiger partial charge in [-0.15, -0.1) is 0 Å². The predicted molar refractivity (Wildman–Crippen MR) is 84.1 cm³/mol. The first-order chi connectivity index (χ1) is 9.76. The van der Waals surface area contributed by atoms with Crippen molar-refractivity contribution in [3.05, 3.63) is 35.4 Å². The molecule has 1 aliphatic heterocycles. The van der Waals surface area contributed by atoms with Crippen LogP contribution in [-0.2, 0) is 11.2 Å². The van der Waals surface area contributed by atoms with Gasteiger partial charge in [0.25, 0.3) is 0 Å². The molecule has 1 N–H and O–H groups in total. The minimum Gasteiger partial charge on any atom is -0.380 e. The largest absolute Gasteiger partial charge is 0.380 e. The summed E-state index contributed by atoms with van der Waals surface area (Å²) in [6.07, 6.45) is 3.95. The van der Waals surface area contributed by atoms with E-state index in [-0.39, 0.29) is 0 Å². The van der Waals surface area contributed by atoms with Crippen LogP contribution in [-0.4, -0.2) is 44.8 Å². The zero-order chi connectivity index (χ0) is 14.4. The monoisotopic (exact) mass is 276 g/mol. The second-order valence-corrected chi connectivity index (χ2v) is 5.70. The fourth-order valence-electron chi connectivity index (χ4n) is 2.98. The Kier molecular flexibility index (Phi) is 6.02. The molecule has 0 radical (unpaired) electrons. The van der Waals surface area contributed by atoms with Crippen LogP contribution in [0.4, 0.5) is 0 Å². The number of aryl methyl sites for hydroxylation is 1. The van der Waals surface area contributed by atoms with Crippen molar-refractivity contribution in [2.75, 3.05) is 33.8 Å². The van der Waals surface area contributed by atoms with Crippen LogP contribution in [0.1, 0.15) is 36.9 Å². The molecule has 20 heavy (non-hydrogen) atoms. The van der Waals surface area contributed by atoms with E-state index in [1.807, 2.05) is 7.11 Å². The van der Waals surface area contributed by atoms with E-state index >= 15 is 0 Å². The number of hydrogen-bond donors (Lipinski definition) is 1. The summed E-state index contributed by atoms with van der Waals surface area (Å²) in [7, 11) is 3.88. The van der Waals surface area contributed by atoms with Gasteiger partial charge in [-0.1, -0.05) is 31.2 Å². The fraction of sp³-hybridized carbons (Fsp3) is 0.647. The van der Waals surface area contributed by atoms with E-state index < -0.39 is 0 Å². The van der Waals surface area contributed by atoms with Crippen LogP contribution in [0.15, 0.2) is 24.3 Å². The zero-order valence-corrected chi connectivity index (χ0v) is 13.1. The van der Waals surface area contributed by atoms with Crippen molar-refractivity contribution >= 4 is 0 Å². The molecule has 112 valence electrons. The van der Waals surface area contributed by atoms with Crippen molar-refractivity contribution in [2.24, 2.45) is 0 Å². The lowest BCUT2D eigenvalue weighted by Gasteiger charge is -2.34. The maximum absolute atomic E-state index is 5.51. The van der Waals surface area contributed by atoms with E-state index in [1.165, 1.54) is 30.5 Å². The van der Waals surface area contributed by atoms with Crippen molar-refractivity contribution in [1.29, 1.82) is 0 Å². The number of nitrogens with one attached hydrogen (secondary N) is 1. The second-order valence-electron chi connectivity index (χ2n) is 5.70. The third kappa shape index (κ3) is 4.05. The molecule has 1 saturated heterocycles. The van der Waals surface area contributed by atoms with Crippen LogP contribution in [0.3, 0.4) is 0 Å². The molecule has 1 fully saturated rings. The van der Waals surface area contributed by atoms with Crippen LogP contribution >= 0.6 is 0 Å². The highest BCUT2D eigenvalue weighted by Crippen LogP contribution is 2.19. The maximum Gasteiger partial charge on any atom is 0.0698 e. The molecule has 0 aromatic heterocycles. The molecule has 0 aliphatic carbocycles. The highest BCUT2D eigenvalue weighted by atomic mass is 16.5. The predicted octanol–water partition coefficient (Wildman–Crippen LogP) is 2.62. The van der Waals surface area contributed by atoms with Crippen molar-refractivity contribution in [2.45, 2.75) is 38.3 Å². The number of likely N-dealkylation sites (N-methyl/N-ethyl adjacent to an activating group) is 1. The van der Waals surface area contributed by atoms with E-state index in [2.05, 4.69) is 48.5 Å². The van der Waals surface area contributed by atoms with E-state index in [0.717, 1.165) is 19.5 Å². The minimum atomic E-state index is 0.400. The van der Waals surface area contributed by atoms with Crippen molar-refractivity contribution in [3.63, 3.8) is 0 Å². The Morgan fingerprint density at radius 2 is 2.10 bits per heavy atom. The van der Waals surface area contributed by atoms with Gasteiger partial charge < -0.3 is 10.1 Å². The van der Waals surface area contributed by atoms with E-state index in [4.69, 9.17) is 4.74 Å². The van der Waals surface area contributed by atoms with Crippen LogP contribution in [0.2, 0.25) is 0 Å². The Morgan fingerprint density at radius 3 is 2.70 bits per heavy atom. The van der Waals surface area contributed by atoms with Gasteiger partial charge in [0, 0.05) is 26.2 Å². The molecule has 0 spiro atoms. The Balaban J connectivity index is 1.97. The van der Waals surface area contributed by atoms with Crippen LogP contribution in [0.25, 0.3) is 0 Å². The van der Waals surface area contributed by atoms with E-state index in [1.54, 1.807) is 0 Å². The summed E-state index contributed by atoms with van der Waals surface area (Å²) in [4.78, 5) is 2.52. The molecule has 0 saturated carbocycles. The molecule has 3 heteroatoms. The Bertz CT molecular complexity index is 390. The molecule has 3 nitrogen and oxygen atoms in total. The van der Waals surface area contributed by atoms with Gasteiger partial charge in [-0.2, -0.15) is 0 Å². The van der Waals surface area contributed by atoms with Gasteiger partial charge in [-0.3, -0.25) is 4.90 Å². The molecule has 1 heterocycles. The Labute approximate surface area is 123 Å². The summed E-state index contributed by atoms with van der Waals surface area (Å²) >= 11 is 0. The third-order valence-electron chi connectivity index (χ3n) is 4.38. The summed E-state index contributed by atoms with van der Waals surface area (Å²) < 4.78 is 5.51. The topological polar surface area (TPSA) is 24.5 Å². The van der Waals surface area contributed by atoms with Crippen molar-refractivity contribution in [3.8, 4) is 0 Å². The fourth-order valence-corrected chi connectivity index (χ4v) is 2.98. The normalized spacial score (nSPS) is 21.9. The summed E-state index contributed by atoms with van der Waals surface area (Å²) in [6, 6.07) is 9.41. The first-order valence-electron chi connectivity index (χ1n) is 7.78. The SMILES string of the molecule is CCc1ccc(C(CN2CCCC(OC)C2)NC)cc1. The lowest BCUT2D eigenvalue weighted by molar-refractivity contribution is 0.0283. The molecule has 1 aromatic rings. The number of hydrogen-bond acceptors (Lipinski definition) is 3. The molecule has 0 amide bonds. The molecular formula is C17H28N2O. The highest BCUT2D eigenvalue weighted by molar-refractivity contribution is 5.25. The van der Waals surface area contributed by atoms with E-state index in [9.17, 15) is 0 Å². The van der Waals surface area contributed by atoms with Gasteiger partial charge in [0.2, 0.25) is 0 Å². The minimum absolute atomic E-state index is 0.400. The van der Waals surface area contributed by atoms with Crippen molar-refractivity contribution in [1.82, 2.24) is 10.2 Å². The van der Waals surface area contributed by atoms with Crippen molar-refractivity contribution < 1.29 is 4.74 Å². The summed E-state index contributed by atoms with van der Waals surface area (Å²) in [6.45, 7) is 5.50. The van der Waals surface area contributed by atoms with Gasteiger partial charge in [-0.05, 0) is 44.0 Å². The number of benzene rings is 1. The van der Waals surface area contributed by atoms with Gasteiger partial charge in [-0.25, -0.2) is 0 Å². The average Bonchev–Trinajstić information content (AvgIpc) is 2.53. The first-order valence-corrected chi connectivity index (χ1v) is 7.78. The average molecular weight is 276 g/mol. The summed E-state index contributed by atoms with van der Waals surface area (Å²) in [5.74, 6) is 0. The summed E-state index contributed by atoms with van der Waals surface area (Å²) in [5.41, 5.74) is 2.78. The number of nitrogens with zero attached hydrogens (tertiary/aromatic N) is 1. The highest BCUT2D eigenvalue weighted by Gasteiger charge is 2.22. The zero-order valence-electron chi connectivity index (χ0n) is 13.1. The standard InChI is InChI=1S/C17H28N2O/c1-4-14-7-9-15(10-8-14)17(18-2)13-19-11-5-6-16(12-19)20-3/h7-10,16-18H,4-6,11-13H2,1-3H3. The Hall–Kier alpha value is -0.900. The maximum atomic E-state index is 5.51. The van der Waals surface area contributed by atoms with Gasteiger partial charge in [0.15, 0.2) is 0 Å². The molecule has 2 unspecified atom stereocenters. The van der Waals surface area contributed by atoms with Gasteiger partial charge in [0.05, 0.1) is 6.10 Å². The first kappa shape index (κ1) is 15.5. The summed E-state index contributed by atoms with van der Waals surface area (Å²) in [5, 5.41) is 3.45. The number of piperidine rings is 1. The van der Waals surface area contributed by atoms with Gasteiger partial charge >= 0.3 is 0 Å². The molecule has 2 rings (SSSR count). The van der Waals surface area contributed by atoms with E-state index in [0.29, 0.717) is 12.1 Å². The lowest BCUT2D eigenvalue weighted by atomic mass is 10.0. The molecule has 0 bridgehead atoms. The van der Waals surface area contributed by atoms with Crippen LogP contribution in [0, 0.1) is 0 Å². The smallest absolute Gasteiger partial charge is 0.0698 e. The molecule has 1 aromatic carbocycles. The van der Waals surface area contributed by atoms with Gasteiger partial charge in [0.1, 0.15) is 0 Å². The molecule has 1 aliphatic rings. The third-order valence-corrected chi connectivity index (χ3v) is 4.38. The molecule has 2 atom stereocenters. The number of methoxy groups -OCH3 is 1. The van der Waals surface area contributed by atoms with Crippen LogP contribution in [0.5, 0.6) is 0 Å². The second kappa shape index (κ2) is 7.77. The number of ether oxygens (including phenoxy) is 1. The molecular weight excluding hydrogens is 248 g/mol. The Morgan fingerprint density at radius 1 is 1.35 bits per heavy atom. The van der Waals surface area contributed by atoms with Crippen LogP contribution < -0.4 is 5.32 Å². The number of rotatable bonds is 6. The lowest BCUT2D eigenvalue weighted by Crippen LogP contribution is -2.43. The quantitative estimate of drug-likeness (QED) is 0.864.